The van der Waals surface area contributed by atoms with Gasteiger partial charge >= 0.3 is 0 Å². The molecule has 0 aromatic heterocycles. The molecule has 0 heterocycles. The van der Waals surface area contributed by atoms with Gasteiger partial charge in [0.25, 0.3) is 0 Å². The summed E-state index contributed by atoms with van der Waals surface area (Å²) in [6, 6.07) is 26.9. The molecular formula is C34H30N4O2. The summed E-state index contributed by atoms with van der Waals surface area (Å²) in [4.78, 5) is 22.6. The summed E-state index contributed by atoms with van der Waals surface area (Å²) in [6.07, 6.45) is 7.42. The van der Waals surface area contributed by atoms with Gasteiger partial charge in [-0.1, -0.05) is 60.7 Å². The maximum atomic E-state index is 11.3. The predicted molar refractivity (Wildman–Crippen MR) is 151 cm³/mol. The van der Waals surface area contributed by atoms with Gasteiger partial charge < -0.3 is 0 Å². The highest BCUT2D eigenvalue weighted by molar-refractivity contribution is 5.77. The van der Waals surface area contributed by atoms with Crippen molar-refractivity contribution in [3.8, 4) is 24.3 Å². The van der Waals surface area contributed by atoms with Gasteiger partial charge in [-0.15, -0.1) is 0 Å². The Morgan fingerprint density at radius 1 is 0.525 bits per heavy atom. The fourth-order valence-corrected chi connectivity index (χ4v) is 5.05. The Morgan fingerprint density at radius 2 is 0.850 bits per heavy atom. The van der Waals surface area contributed by atoms with Crippen molar-refractivity contribution in [1.29, 1.82) is 21.0 Å². The van der Waals surface area contributed by atoms with Crippen LogP contribution >= 0.6 is 0 Å². The van der Waals surface area contributed by atoms with Crippen molar-refractivity contribution in [3.63, 3.8) is 0 Å². The summed E-state index contributed by atoms with van der Waals surface area (Å²) < 4.78 is 0. The van der Waals surface area contributed by atoms with Crippen LogP contribution in [-0.2, 0) is 25.7 Å². The molecule has 0 unspecified atom stereocenters. The summed E-state index contributed by atoms with van der Waals surface area (Å²) >= 11 is 0. The lowest BCUT2D eigenvalue weighted by molar-refractivity contribution is 0.111. The summed E-state index contributed by atoms with van der Waals surface area (Å²) in [5.74, 6) is -1.92. The Labute approximate surface area is 235 Å². The lowest BCUT2D eigenvalue weighted by Gasteiger charge is -2.18. The molecule has 6 heteroatoms. The van der Waals surface area contributed by atoms with Gasteiger partial charge in [-0.3, -0.25) is 9.59 Å². The molecule has 0 fully saturated rings. The number of aryl methyl sites for hydroxylation is 4. The van der Waals surface area contributed by atoms with Crippen molar-refractivity contribution in [2.45, 2.75) is 63.2 Å². The van der Waals surface area contributed by atoms with E-state index in [1.165, 1.54) is 0 Å². The van der Waals surface area contributed by atoms with Gasteiger partial charge in [-0.2, -0.15) is 21.0 Å². The van der Waals surface area contributed by atoms with Gasteiger partial charge in [-0.05, 0) is 84.7 Å². The summed E-state index contributed by atoms with van der Waals surface area (Å²) in [7, 11) is 0. The number of rotatable bonds is 14. The van der Waals surface area contributed by atoms with E-state index in [-0.39, 0.29) is 0 Å². The number of hydrogen-bond donors (Lipinski definition) is 0. The van der Waals surface area contributed by atoms with Crippen LogP contribution in [0.25, 0.3) is 0 Å². The minimum Gasteiger partial charge on any atom is -0.298 e. The Balaban J connectivity index is 1.82. The quantitative estimate of drug-likeness (QED) is 0.170. The highest BCUT2D eigenvalue weighted by Gasteiger charge is 2.21. The molecule has 0 amide bonds. The zero-order valence-corrected chi connectivity index (χ0v) is 22.3. The molecule has 3 aromatic rings. The average Bonchev–Trinajstić information content (AvgIpc) is 3.00. The third-order valence-corrected chi connectivity index (χ3v) is 7.19. The highest BCUT2D eigenvalue weighted by Crippen LogP contribution is 2.31. The first kappa shape index (κ1) is 29.5. The zero-order valence-electron chi connectivity index (χ0n) is 22.3. The highest BCUT2D eigenvalue weighted by atomic mass is 16.1. The first-order valence-corrected chi connectivity index (χ1v) is 13.4. The Kier molecular flexibility index (Phi) is 11.4. The molecule has 3 rings (SSSR count). The van der Waals surface area contributed by atoms with E-state index in [1.54, 1.807) is 12.1 Å². The van der Waals surface area contributed by atoms with E-state index in [9.17, 15) is 30.6 Å². The molecule has 0 atom stereocenters. The van der Waals surface area contributed by atoms with E-state index in [0.29, 0.717) is 35.1 Å². The SMILES string of the molecule is N#CC(C#N)c1cc(CCCCc2ccccc2C=O)c(C(C#N)C#N)cc1CCCCc1ccccc1C=O. The topological polar surface area (TPSA) is 129 Å². The molecule has 0 saturated carbocycles. The molecule has 0 N–H and O–H groups in total. The first-order chi connectivity index (χ1) is 19.6. The maximum absolute atomic E-state index is 11.3. The number of nitriles is 4. The molecule has 40 heavy (non-hydrogen) atoms. The van der Waals surface area contributed by atoms with E-state index >= 15 is 0 Å². The minimum absolute atomic E-state index is 0.581. The second-order valence-electron chi connectivity index (χ2n) is 9.68. The second kappa shape index (κ2) is 15.4. The molecule has 0 aliphatic carbocycles. The first-order valence-electron chi connectivity index (χ1n) is 13.4. The Hall–Kier alpha value is -5.04. The van der Waals surface area contributed by atoms with Crippen LogP contribution in [0.1, 0.15) is 91.6 Å². The fourth-order valence-electron chi connectivity index (χ4n) is 5.05. The molecule has 0 radical (unpaired) electrons. The lowest BCUT2D eigenvalue weighted by atomic mass is 9.84. The molecule has 0 aliphatic rings. The van der Waals surface area contributed by atoms with Crippen LogP contribution in [0.15, 0.2) is 60.7 Å². The number of nitrogens with zero attached hydrogens (tertiary/aromatic N) is 4. The molecule has 0 spiro atoms. The second-order valence-corrected chi connectivity index (χ2v) is 9.68. The van der Waals surface area contributed by atoms with E-state index in [4.69, 9.17) is 0 Å². The van der Waals surface area contributed by atoms with Crippen LogP contribution in [0.3, 0.4) is 0 Å². The fraction of sp³-hybridized carbons (Fsp3) is 0.294. The monoisotopic (exact) mass is 526 g/mol. The van der Waals surface area contributed by atoms with Crippen molar-refractivity contribution in [2.24, 2.45) is 0 Å². The standard InChI is InChI=1S/C34H30N4O2/c35-19-31(20-36)33-18-28(14-6-2-10-26-12-4-8-16-30(26)24-40)34(32(21-37)22-38)17-27(33)13-5-1-9-25-11-3-7-15-29(25)23-39/h3-4,7-8,11-12,15-18,23-24,31-32H,1-2,5-6,9-10,13-14H2. The smallest absolute Gasteiger partial charge is 0.158 e. The van der Waals surface area contributed by atoms with Crippen molar-refractivity contribution < 1.29 is 9.59 Å². The van der Waals surface area contributed by atoms with Crippen LogP contribution in [0.4, 0.5) is 0 Å². The van der Waals surface area contributed by atoms with E-state index in [0.717, 1.165) is 73.4 Å². The Bertz CT molecular complexity index is 1370. The molecular weight excluding hydrogens is 496 g/mol. The van der Waals surface area contributed by atoms with Gasteiger partial charge in [-0.25, -0.2) is 0 Å². The number of benzene rings is 3. The van der Waals surface area contributed by atoms with Gasteiger partial charge in [0.05, 0.1) is 24.3 Å². The normalized spacial score (nSPS) is 10.3. The lowest BCUT2D eigenvalue weighted by Crippen LogP contribution is -2.08. The molecule has 0 aliphatic heterocycles. The van der Waals surface area contributed by atoms with Crippen LogP contribution in [-0.4, -0.2) is 12.6 Å². The van der Waals surface area contributed by atoms with Gasteiger partial charge in [0.2, 0.25) is 0 Å². The predicted octanol–water partition coefficient (Wildman–Crippen LogP) is 6.70. The average molecular weight is 527 g/mol. The van der Waals surface area contributed by atoms with Crippen molar-refractivity contribution >= 4 is 12.6 Å². The molecule has 0 bridgehead atoms. The van der Waals surface area contributed by atoms with Gasteiger partial charge in [0, 0.05) is 11.1 Å². The number of hydrogen-bond acceptors (Lipinski definition) is 6. The van der Waals surface area contributed by atoms with Crippen molar-refractivity contribution in [3.05, 3.63) is 105 Å². The van der Waals surface area contributed by atoms with E-state index in [1.807, 2.05) is 48.5 Å². The molecule has 198 valence electrons. The number of carbonyl (C=O) groups excluding carboxylic acids is 2. The third-order valence-electron chi connectivity index (χ3n) is 7.19. The summed E-state index contributed by atoms with van der Waals surface area (Å²) in [5.41, 5.74) is 6.14. The van der Waals surface area contributed by atoms with Gasteiger partial charge in [0.15, 0.2) is 11.8 Å². The van der Waals surface area contributed by atoms with Crippen molar-refractivity contribution in [1.82, 2.24) is 0 Å². The number of carbonyl (C=O) groups is 2. The number of unbranched alkanes of at least 4 members (excludes halogenated alkanes) is 2. The van der Waals surface area contributed by atoms with Crippen LogP contribution in [0.5, 0.6) is 0 Å². The Morgan fingerprint density at radius 3 is 1.18 bits per heavy atom. The summed E-state index contributed by atoms with van der Waals surface area (Å²) in [5, 5.41) is 38.8. The van der Waals surface area contributed by atoms with Crippen molar-refractivity contribution in [2.75, 3.05) is 0 Å². The maximum Gasteiger partial charge on any atom is 0.158 e. The molecule has 0 saturated heterocycles. The zero-order chi connectivity index (χ0) is 28.7. The molecule has 3 aromatic carbocycles. The minimum atomic E-state index is -0.958. The van der Waals surface area contributed by atoms with E-state index < -0.39 is 11.8 Å². The van der Waals surface area contributed by atoms with Gasteiger partial charge in [0.1, 0.15) is 12.6 Å². The number of aldehydes is 2. The largest absolute Gasteiger partial charge is 0.298 e. The van der Waals surface area contributed by atoms with Crippen LogP contribution in [0.2, 0.25) is 0 Å². The van der Waals surface area contributed by atoms with Crippen LogP contribution in [0, 0.1) is 45.3 Å². The third kappa shape index (κ3) is 7.51. The molecule has 6 nitrogen and oxygen atoms in total. The van der Waals surface area contributed by atoms with E-state index in [2.05, 4.69) is 24.3 Å². The van der Waals surface area contributed by atoms with Crippen LogP contribution < -0.4 is 0 Å². The summed E-state index contributed by atoms with van der Waals surface area (Å²) in [6.45, 7) is 0.